The Hall–Kier alpha value is -0.980. The summed E-state index contributed by atoms with van der Waals surface area (Å²) in [5.41, 5.74) is 0.730. The molecule has 0 aromatic heterocycles. The van der Waals surface area contributed by atoms with Gasteiger partial charge in [0.05, 0.1) is 11.6 Å². The van der Waals surface area contributed by atoms with Crippen molar-refractivity contribution in [2.75, 3.05) is 25.4 Å². The summed E-state index contributed by atoms with van der Waals surface area (Å²) in [4.78, 5) is 3.66. The van der Waals surface area contributed by atoms with Crippen LogP contribution in [0.1, 0.15) is 19.4 Å². The number of thioether (sulfide) groups is 1. The fourth-order valence-electron chi connectivity index (χ4n) is 1.46. The molecular formula is C13H18N2S. The van der Waals surface area contributed by atoms with Crippen molar-refractivity contribution in [3.63, 3.8) is 0 Å². The van der Waals surface area contributed by atoms with E-state index in [1.165, 1.54) is 4.90 Å². The topological polar surface area (TPSA) is 27.0 Å². The van der Waals surface area contributed by atoms with E-state index in [2.05, 4.69) is 24.8 Å². The van der Waals surface area contributed by atoms with Crippen molar-refractivity contribution >= 4 is 11.8 Å². The highest BCUT2D eigenvalue weighted by Gasteiger charge is 1.99. The van der Waals surface area contributed by atoms with Crippen molar-refractivity contribution in [2.24, 2.45) is 0 Å². The second-order valence-electron chi connectivity index (χ2n) is 3.51. The number of rotatable bonds is 6. The third-order valence-electron chi connectivity index (χ3n) is 2.55. The standard InChI is InChI=1S/C13H18N2S/c1-3-15(4-2)9-10-16-13-7-5-12(11-14)6-8-13/h5-8H,3-4,9-10H2,1-2H3. The van der Waals surface area contributed by atoms with E-state index in [1.807, 2.05) is 36.0 Å². The van der Waals surface area contributed by atoms with E-state index < -0.39 is 0 Å². The molecule has 0 radical (unpaired) electrons. The summed E-state index contributed by atoms with van der Waals surface area (Å²) in [6, 6.07) is 9.92. The molecule has 86 valence electrons. The van der Waals surface area contributed by atoms with Gasteiger partial charge in [0.1, 0.15) is 0 Å². The van der Waals surface area contributed by atoms with Gasteiger partial charge in [-0.1, -0.05) is 13.8 Å². The van der Waals surface area contributed by atoms with Crippen LogP contribution >= 0.6 is 11.8 Å². The fraction of sp³-hybridized carbons (Fsp3) is 0.462. The molecule has 0 N–H and O–H groups in total. The van der Waals surface area contributed by atoms with Crippen molar-refractivity contribution in [3.05, 3.63) is 29.8 Å². The van der Waals surface area contributed by atoms with Gasteiger partial charge in [-0.25, -0.2) is 0 Å². The van der Waals surface area contributed by atoms with E-state index in [9.17, 15) is 0 Å². The maximum Gasteiger partial charge on any atom is 0.0991 e. The van der Waals surface area contributed by atoms with Crippen LogP contribution in [0.25, 0.3) is 0 Å². The highest BCUT2D eigenvalue weighted by molar-refractivity contribution is 7.99. The molecule has 0 bridgehead atoms. The second-order valence-corrected chi connectivity index (χ2v) is 4.68. The number of hydrogen-bond acceptors (Lipinski definition) is 3. The van der Waals surface area contributed by atoms with Crippen molar-refractivity contribution < 1.29 is 0 Å². The third-order valence-corrected chi connectivity index (χ3v) is 3.55. The van der Waals surface area contributed by atoms with Crippen molar-refractivity contribution in [1.82, 2.24) is 4.90 Å². The maximum absolute atomic E-state index is 8.68. The first-order valence-electron chi connectivity index (χ1n) is 5.65. The van der Waals surface area contributed by atoms with Gasteiger partial charge in [-0.05, 0) is 37.4 Å². The molecule has 0 atom stereocenters. The Morgan fingerprint density at radius 2 is 1.81 bits per heavy atom. The van der Waals surface area contributed by atoms with Crippen LogP contribution in [0.2, 0.25) is 0 Å². The Morgan fingerprint density at radius 3 is 2.31 bits per heavy atom. The van der Waals surface area contributed by atoms with Crippen LogP contribution in [0.3, 0.4) is 0 Å². The van der Waals surface area contributed by atoms with E-state index in [0.29, 0.717) is 0 Å². The zero-order chi connectivity index (χ0) is 11.8. The van der Waals surface area contributed by atoms with Gasteiger partial charge in [-0.2, -0.15) is 5.26 Å². The monoisotopic (exact) mass is 234 g/mol. The fourth-order valence-corrected chi connectivity index (χ4v) is 2.37. The lowest BCUT2D eigenvalue weighted by molar-refractivity contribution is 0.324. The summed E-state index contributed by atoms with van der Waals surface area (Å²) in [7, 11) is 0. The highest BCUT2D eigenvalue weighted by Crippen LogP contribution is 2.18. The molecule has 0 saturated heterocycles. The number of hydrogen-bond donors (Lipinski definition) is 0. The van der Waals surface area contributed by atoms with Crippen molar-refractivity contribution in [3.8, 4) is 6.07 Å². The first kappa shape index (κ1) is 13.1. The minimum Gasteiger partial charge on any atom is -0.303 e. The largest absolute Gasteiger partial charge is 0.303 e. The average molecular weight is 234 g/mol. The molecule has 0 unspecified atom stereocenters. The molecule has 0 heterocycles. The van der Waals surface area contributed by atoms with Crippen molar-refractivity contribution in [2.45, 2.75) is 18.7 Å². The molecule has 0 spiro atoms. The normalized spacial score (nSPS) is 10.4. The summed E-state index contributed by atoms with van der Waals surface area (Å²) >= 11 is 1.85. The Morgan fingerprint density at radius 1 is 1.19 bits per heavy atom. The second kappa shape index (κ2) is 7.32. The van der Waals surface area contributed by atoms with E-state index in [-0.39, 0.29) is 0 Å². The van der Waals surface area contributed by atoms with Gasteiger partial charge < -0.3 is 4.90 Å². The lowest BCUT2D eigenvalue weighted by Crippen LogP contribution is -2.25. The quantitative estimate of drug-likeness (QED) is 0.708. The first-order valence-corrected chi connectivity index (χ1v) is 6.64. The van der Waals surface area contributed by atoms with Crippen LogP contribution in [0, 0.1) is 11.3 Å². The lowest BCUT2D eigenvalue weighted by Gasteiger charge is -2.17. The molecule has 1 aromatic rings. The first-order chi connectivity index (χ1) is 7.80. The van der Waals surface area contributed by atoms with Crippen LogP contribution in [0.5, 0.6) is 0 Å². The van der Waals surface area contributed by atoms with Gasteiger partial charge in [0.25, 0.3) is 0 Å². The Kier molecular flexibility index (Phi) is 5.99. The number of nitriles is 1. The molecule has 3 heteroatoms. The Bertz CT molecular complexity index is 336. The number of benzene rings is 1. The van der Waals surface area contributed by atoms with Crippen LogP contribution in [0.15, 0.2) is 29.2 Å². The smallest absolute Gasteiger partial charge is 0.0991 e. The summed E-state index contributed by atoms with van der Waals surface area (Å²) < 4.78 is 0. The van der Waals surface area contributed by atoms with Gasteiger partial charge in [-0.15, -0.1) is 11.8 Å². The molecule has 0 aliphatic rings. The van der Waals surface area contributed by atoms with Gasteiger partial charge >= 0.3 is 0 Å². The van der Waals surface area contributed by atoms with Gasteiger partial charge in [-0.3, -0.25) is 0 Å². The zero-order valence-corrected chi connectivity index (χ0v) is 10.8. The van der Waals surface area contributed by atoms with Gasteiger partial charge in [0, 0.05) is 17.2 Å². The Balaban J connectivity index is 2.34. The molecule has 0 amide bonds. The predicted octanol–water partition coefficient (Wildman–Crippen LogP) is 2.99. The van der Waals surface area contributed by atoms with Gasteiger partial charge in [0.15, 0.2) is 0 Å². The maximum atomic E-state index is 8.68. The molecular weight excluding hydrogens is 216 g/mol. The van der Waals surface area contributed by atoms with Crippen LogP contribution in [-0.2, 0) is 0 Å². The summed E-state index contributed by atoms with van der Waals surface area (Å²) in [6.07, 6.45) is 0. The van der Waals surface area contributed by atoms with Crippen LogP contribution in [0.4, 0.5) is 0 Å². The minimum atomic E-state index is 0.730. The molecule has 0 saturated carbocycles. The summed E-state index contributed by atoms with van der Waals surface area (Å²) in [5.74, 6) is 1.10. The average Bonchev–Trinajstić information content (AvgIpc) is 2.35. The third kappa shape index (κ3) is 4.26. The van der Waals surface area contributed by atoms with Crippen molar-refractivity contribution in [1.29, 1.82) is 5.26 Å². The van der Waals surface area contributed by atoms with E-state index >= 15 is 0 Å². The predicted molar refractivity (Wildman–Crippen MR) is 69.7 cm³/mol. The molecule has 0 aliphatic carbocycles. The van der Waals surface area contributed by atoms with E-state index in [0.717, 1.165) is 31.0 Å². The van der Waals surface area contributed by atoms with Gasteiger partial charge in [0.2, 0.25) is 0 Å². The number of nitrogens with zero attached hydrogens (tertiary/aromatic N) is 2. The molecule has 1 aromatic carbocycles. The molecule has 0 fully saturated rings. The molecule has 1 rings (SSSR count). The summed E-state index contributed by atoms with van der Waals surface area (Å²) in [5, 5.41) is 8.68. The highest BCUT2D eigenvalue weighted by atomic mass is 32.2. The minimum absolute atomic E-state index is 0.730. The van der Waals surface area contributed by atoms with Crippen LogP contribution < -0.4 is 0 Å². The zero-order valence-electron chi connectivity index (χ0n) is 9.94. The van der Waals surface area contributed by atoms with E-state index in [1.54, 1.807) is 0 Å². The Labute approximate surface area is 102 Å². The van der Waals surface area contributed by atoms with E-state index in [4.69, 9.17) is 5.26 Å². The lowest BCUT2D eigenvalue weighted by atomic mass is 10.2. The summed E-state index contributed by atoms with van der Waals surface area (Å²) in [6.45, 7) is 7.73. The molecule has 0 aliphatic heterocycles. The van der Waals surface area contributed by atoms with Crippen LogP contribution in [-0.4, -0.2) is 30.3 Å². The SMILES string of the molecule is CCN(CC)CCSc1ccc(C#N)cc1. The molecule has 16 heavy (non-hydrogen) atoms. The molecule has 2 nitrogen and oxygen atoms in total.